The lowest BCUT2D eigenvalue weighted by atomic mass is 9.51. The van der Waals surface area contributed by atoms with Gasteiger partial charge in [0.05, 0.1) is 18.1 Å². The predicted octanol–water partition coefficient (Wildman–Crippen LogP) is 17.8. The van der Waals surface area contributed by atoms with E-state index in [1.807, 2.05) is 0 Å². The Bertz CT molecular complexity index is 7160. The van der Waals surface area contributed by atoms with Gasteiger partial charge in [-0.25, -0.2) is 4.79 Å². The number of benzene rings is 18. The third-order valence-corrected chi connectivity index (χ3v) is 25.9. The monoisotopic (exact) mass is 889 g/mol. The summed E-state index contributed by atoms with van der Waals surface area (Å²) in [5.41, 5.74) is 6.80. The number of methoxy groups -OCH3 is 1. The third kappa shape index (κ3) is 1.44. The van der Waals surface area contributed by atoms with Crippen LogP contribution in [-0.4, -0.2) is 24.5 Å². The van der Waals surface area contributed by atoms with Gasteiger partial charge in [-0.05, 0) is 315 Å². The fourth-order valence-corrected chi connectivity index (χ4v) is 25.8. The van der Waals surface area contributed by atoms with E-state index in [4.69, 9.17) is 4.74 Å². The van der Waals surface area contributed by atoms with Crippen LogP contribution in [0, 0.1) is 0 Å². The van der Waals surface area contributed by atoms with Crippen LogP contribution in [0.4, 0.5) is 0 Å². The van der Waals surface area contributed by atoms with Gasteiger partial charge in [0.25, 0.3) is 0 Å². The lowest BCUT2D eigenvalue weighted by Gasteiger charge is -2.55. The number of nitrogens with zero attached hydrogens (tertiary/aromatic N) is 1. The average molecular weight is 890 g/mol. The maximum Gasteiger partial charge on any atom is 0.336 e. The van der Waals surface area contributed by atoms with Crippen LogP contribution >= 0.6 is 0 Å². The Labute approximate surface area is 394 Å². The Morgan fingerprint density at radius 2 is 0.528 bits per heavy atom. The molecule has 0 radical (unpaired) electrons. The summed E-state index contributed by atoms with van der Waals surface area (Å²) in [6.07, 6.45) is 2.16. The first kappa shape index (κ1) is 27.8. The largest absolute Gasteiger partial charge is 0.466 e. The summed E-state index contributed by atoms with van der Waals surface area (Å²) >= 11 is 0. The molecule has 28 aromatic rings. The zero-order valence-corrected chi connectivity index (χ0v) is 37.9. The molecule has 308 valence electrons. The number of carbonyl (C=O) groups excluding carboxylic acids is 1. The van der Waals surface area contributed by atoms with Gasteiger partial charge in [-0.1, -0.05) is 13.3 Å². The second-order valence-electron chi connectivity index (χ2n) is 26.2. The van der Waals surface area contributed by atoms with E-state index in [2.05, 4.69) is 18.7 Å². The lowest BCUT2D eigenvalue weighted by molar-refractivity contribution is -0.136. The summed E-state index contributed by atoms with van der Waals surface area (Å²) in [6, 6.07) is 0. The topological polar surface area (TPSA) is 29.5 Å². The van der Waals surface area contributed by atoms with E-state index in [1.165, 1.54) is 32.7 Å². The molecule has 0 aromatic heterocycles. The van der Waals surface area contributed by atoms with Crippen LogP contribution < -0.4 is 0 Å². The molecule has 0 atom stereocenters. The Morgan fingerprint density at radius 1 is 0.333 bits per heavy atom. The van der Waals surface area contributed by atoms with E-state index in [0.717, 1.165) is 30.7 Å². The molecule has 1 aliphatic heterocycles. The predicted molar refractivity (Wildman–Crippen MR) is 300 cm³/mol. The summed E-state index contributed by atoms with van der Waals surface area (Å²) in [7, 11) is 1.69. The van der Waals surface area contributed by atoms with Crippen molar-refractivity contribution < 1.29 is 9.53 Å². The van der Waals surface area contributed by atoms with Crippen LogP contribution in [0.25, 0.3) is 291 Å². The molecule has 5 aliphatic rings. The van der Waals surface area contributed by atoms with Crippen molar-refractivity contribution in [3.05, 3.63) is 33.5 Å². The molecule has 0 saturated carbocycles. The zero-order valence-electron chi connectivity index (χ0n) is 37.9. The van der Waals surface area contributed by atoms with E-state index in [9.17, 15) is 0 Å². The Hall–Kier alpha value is -8.53. The van der Waals surface area contributed by atoms with Gasteiger partial charge < -0.3 is 9.64 Å². The summed E-state index contributed by atoms with van der Waals surface area (Å²) in [5, 5.41) is 85.6. The molecule has 0 N–H and O–H groups in total. The maximum atomic E-state index is 16.1. The quantitative estimate of drug-likeness (QED) is 0.130. The molecule has 0 amide bonds. The van der Waals surface area contributed by atoms with Crippen LogP contribution in [0.5, 0.6) is 0 Å². The van der Waals surface area contributed by atoms with Gasteiger partial charge in [-0.3, -0.25) is 0 Å². The van der Waals surface area contributed by atoms with Crippen molar-refractivity contribution in [2.45, 2.75) is 37.6 Å². The molecule has 4 aliphatic carbocycles. The highest BCUT2D eigenvalue weighted by Gasteiger charge is 2.77. The van der Waals surface area contributed by atoms with E-state index in [1.54, 1.807) is 288 Å². The second-order valence-corrected chi connectivity index (χ2v) is 26.2. The van der Waals surface area contributed by atoms with Gasteiger partial charge in [-0.2, -0.15) is 0 Å². The van der Waals surface area contributed by atoms with Crippen molar-refractivity contribution in [2.75, 3.05) is 13.7 Å². The fraction of sp³-hybridized carbons (Fsp3) is 0.116. The minimum Gasteiger partial charge on any atom is -0.466 e. The van der Waals surface area contributed by atoms with Gasteiger partial charge in [0, 0.05) is 23.4 Å². The highest BCUT2D eigenvalue weighted by molar-refractivity contribution is 6.82. The SMILES string of the molecule is CCCCN1C(C)=C(C(=O)OC)C23c4c5c6c7c8c9c(c%10c%11c2c2c4c4c%12c5c5c6c6c8c8c%13c9c9c%10c%10c%11c%11c2c2c4c4c%12c%12c5c5c6c8c6c8c%13c9c9c%10c%10c%11c2c2c4c4c%12c5c6c5c8c9c%10c2c45)C713. The van der Waals surface area contributed by atoms with E-state index >= 15 is 4.79 Å². The number of unbranched alkanes of at least 4 members (excludes halogenated alkanes) is 1. The van der Waals surface area contributed by atoms with Gasteiger partial charge in [-0.15, -0.1) is 0 Å². The zero-order chi connectivity index (χ0) is 43.6. The number of carbonyl (C=O) groups is 1. The van der Waals surface area contributed by atoms with E-state index < -0.39 is 11.0 Å². The first-order chi connectivity index (χ1) is 35.7. The van der Waals surface area contributed by atoms with Crippen LogP contribution in [0.2, 0.25) is 0 Å². The summed E-state index contributed by atoms with van der Waals surface area (Å²) in [5.74, 6) is -0.122. The minimum atomic E-state index is -0.788. The smallest absolute Gasteiger partial charge is 0.336 e. The molecule has 0 unspecified atom stereocenters. The van der Waals surface area contributed by atoms with Crippen molar-refractivity contribution in [1.82, 2.24) is 4.90 Å². The van der Waals surface area contributed by atoms with Crippen LogP contribution in [0.3, 0.4) is 0 Å². The molecule has 3 heteroatoms. The van der Waals surface area contributed by atoms with E-state index in [-0.39, 0.29) is 5.97 Å². The first-order valence-corrected chi connectivity index (χ1v) is 27.0. The Kier molecular flexibility index (Phi) is 2.43. The molecule has 0 bridgehead atoms. The Balaban J connectivity index is 1.19. The van der Waals surface area contributed by atoms with Gasteiger partial charge in [0.1, 0.15) is 5.54 Å². The van der Waals surface area contributed by atoms with Gasteiger partial charge in [0.15, 0.2) is 0 Å². The van der Waals surface area contributed by atoms with Crippen molar-refractivity contribution in [1.29, 1.82) is 0 Å². The molecule has 28 aromatic carbocycles. The molecule has 2 spiro atoms. The van der Waals surface area contributed by atoms with Crippen LogP contribution in [0.1, 0.15) is 48.9 Å². The molecular weight excluding hydrogens is 875 g/mol. The Morgan fingerprint density at radius 3 is 0.722 bits per heavy atom. The molecule has 33 rings (SSSR count). The van der Waals surface area contributed by atoms with Crippen molar-refractivity contribution >= 4 is 297 Å². The molecule has 0 saturated heterocycles. The summed E-state index contributed by atoms with van der Waals surface area (Å²) in [4.78, 5) is 19.0. The van der Waals surface area contributed by atoms with Crippen molar-refractivity contribution in [2.24, 2.45) is 0 Å². The molecule has 72 heavy (non-hydrogen) atoms. The van der Waals surface area contributed by atoms with E-state index in [0.29, 0.717) is 0 Å². The fourth-order valence-electron chi connectivity index (χ4n) is 25.8. The van der Waals surface area contributed by atoms with Gasteiger partial charge in [0.2, 0.25) is 0 Å². The number of ether oxygens (including phenoxy) is 1. The summed E-state index contributed by atoms with van der Waals surface area (Å²) in [6.45, 7) is 5.65. The standard InChI is InChI=1S/C69H15NO2/c1-4-5-6-70-7(2)62(67(71)72-3)68-63-54-46-36-26-18-10-8-9-12-16-14(10)22-30-24(16)34-28-20(12)21-13(9)17-15-11(8)19(18)27-33-23(15)31-25(17)35-29(21)39-38(28)50-44(34)52-42(30)48(40(46)32(22)26)56(63)58(52)65-60(50)61-51(39)45(35)53-43(31)49-41(33)47(37(27)36)55(54)64(68)57(49)59(53)66(61)69(65,68)70/h4-6H2,1-3H3. The van der Waals surface area contributed by atoms with Crippen LogP contribution in [0.15, 0.2) is 11.3 Å². The lowest BCUT2D eigenvalue weighted by Crippen LogP contribution is -2.58. The van der Waals surface area contributed by atoms with Crippen molar-refractivity contribution in [3.8, 4) is 0 Å². The number of rotatable bonds is 4. The van der Waals surface area contributed by atoms with Crippen molar-refractivity contribution in [3.63, 3.8) is 0 Å². The number of allylic oxidation sites excluding steroid dienone is 1. The molecular formula is C69H15NO2. The first-order valence-electron chi connectivity index (χ1n) is 27.0. The third-order valence-electron chi connectivity index (χ3n) is 25.9. The number of hydrogen-bond donors (Lipinski definition) is 0. The highest BCUT2D eigenvalue weighted by atomic mass is 16.5. The number of esters is 1. The molecule has 0 fully saturated rings. The normalized spacial score (nSPS) is 22.3. The maximum absolute atomic E-state index is 16.1. The second kappa shape index (κ2) is 6.31. The summed E-state index contributed by atoms with van der Waals surface area (Å²) < 4.78 is 6.38. The minimum absolute atomic E-state index is 0.122. The van der Waals surface area contributed by atoms with Crippen LogP contribution in [-0.2, 0) is 20.5 Å². The molecule has 1 heterocycles. The molecule has 3 nitrogen and oxygen atoms in total. The number of hydrogen-bond acceptors (Lipinski definition) is 3. The highest BCUT2D eigenvalue weighted by Crippen LogP contribution is 2.87. The van der Waals surface area contributed by atoms with Gasteiger partial charge >= 0.3 is 5.97 Å². The average Bonchev–Trinajstić information content (AvgIpc) is 4.34.